The minimum absolute atomic E-state index is 0.0192. The number of likely N-dealkylation sites (tertiary alicyclic amines) is 2. The molecule has 0 aromatic heterocycles. The summed E-state index contributed by atoms with van der Waals surface area (Å²) in [6.45, 7) is 5.11. The molecule has 0 spiro atoms. The van der Waals surface area contributed by atoms with Crippen LogP contribution in [0.1, 0.15) is 73.7 Å². The first-order valence-corrected chi connectivity index (χ1v) is 17.2. The molecule has 11 heteroatoms. The number of aliphatic hydroxyl groups is 1. The van der Waals surface area contributed by atoms with Gasteiger partial charge in [-0.1, -0.05) is 86.1 Å². The molecule has 5 atom stereocenters. The molecule has 3 aliphatic heterocycles. The summed E-state index contributed by atoms with van der Waals surface area (Å²) in [6, 6.07) is 22.2. The molecule has 3 fully saturated rings. The summed E-state index contributed by atoms with van der Waals surface area (Å²) in [4.78, 5) is 27.9. The van der Waals surface area contributed by atoms with Gasteiger partial charge in [0.05, 0.1) is 18.8 Å². The number of carbonyl (C=O) groups excluding carboxylic acids is 2. The highest BCUT2D eigenvalue weighted by Gasteiger charge is 2.47. The van der Waals surface area contributed by atoms with E-state index in [1.165, 1.54) is 19.3 Å². The van der Waals surface area contributed by atoms with Crippen molar-refractivity contribution < 1.29 is 37.3 Å². The maximum Gasteiger partial charge on any atom is 0.471 e. The van der Waals surface area contributed by atoms with Crippen LogP contribution in [0.4, 0.5) is 13.2 Å². The van der Waals surface area contributed by atoms with Crippen LogP contribution in [0, 0.1) is 5.92 Å². The first kappa shape index (κ1) is 35.1. The van der Waals surface area contributed by atoms with Crippen LogP contribution < -0.4 is 5.32 Å². The molecule has 3 heterocycles. The standard InChI is InChI=1S/C38H44F3N3O5/c1-25-33(23-43-19-5-2-6-20-43)48-36(49-34(25)28-13-11-26(24-45)12-14-28)29-17-15-27(16-18-29)31-9-4-3-8-30(31)22-42-35(46)32-10-7-21-44(32)37(47)38(39,40)41/h3-4,8-9,11-18,25,32-34,36,45H,2,5-7,10,19-24H2,1H3,(H,42,46). The second-order valence-electron chi connectivity index (χ2n) is 13.3. The monoisotopic (exact) mass is 679 g/mol. The maximum absolute atomic E-state index is 13.1. The van der Waals surface area contributed by atoms with Crippen molar-refractivity contribution in [2.24, 2.45) is 5.92 Å². The zero-order valence-electron chi connectivity index (χ0n) is 27.7. The minimum atomic E-state index is -5.02. The number of carbonyl (C=O) groups is 2. The highest BCUT2D eigenvalue weighted by molar-refractivity contribution is 5.90. The summed E-state index contributed by atoms with van der Waals surface area (Å²) in [5.74, 6) is -2.47. The van der Waals surface area contributed by atoms with E-state index in [4.69, 9.17) is 9.47 Å². The number of piperidine rings is 1. The van der Waals surface area contributed by atoms with Gasteiger partial charge in [-0.15, -0.1) is 0 Å². The highest BCUT2D eigenvalue weighted by Crippen LogP contribution is 2.42. The van der Waals surface area contributed by atoms with Crippen LogP contribution in [0.3, 0.4) is 0 Å². The van der Waals surface area contributed by atoms with Crippen LogP contribution in [-0.4, -0.2) is 71.2 Å². The molecule has 5 unspecified atom stereocenters. The molecule has 0 bridgehead atoms. The average Bonchev–Trinajstić information content (AvgIpc) is 3.62. The van der Waals surface area contributed by atoms with Crippen molar-refractivity contribution in [3.63, 3.8) is 0 Å². The Morgan fingerprint density at radius 2 is 1.57 bits per heavy atom. The van der Waals surface area contributed by atoms with Gasteiger partial charge in [-0.05, 0) is 66.6 Å². The Morgan fingerprint density at radius 3 is 2.27 bits per heavy atom. The molecule has 0 saturated carbocycles. The lowest BCUT2D eigenvalue weighted by atomic mass is 9.89. The largest absolute Gasteiger partial charge is 0.471 e. The lowest BCUT2D eigenvalue weighted by Gasteiger charge is -2.43. The molecule has 8 nitrogen and oxygen atoms in total. The topological polar surface area (TPSA) is 91.3 Å². The molecule has 3 aliphatic rings. The van der Waals surface area contributed by atoms with E-state index in [-0.39, 0.29) is 44.2 Å². The number of hydrogen-bond acceptors (Lipinski definition) is 6. The minimum Gasteiger partial charge on any atom is -0.392 e. The number of benzene rings is 3. The number of alkyl halides is 3. The number of ether oxygens (including phenoxy) is 2. The second-order valence-corrected chi connectivity index (χ2v) is 13.3. The molecule has 2 N–H and O–H groups in total. The van der Waals surface area contributed by atoms with E-state index in [0.29, 0.717) is 11.3 Å². The molecule has 3 aromatic rings. The van der Waals surface area contributed by atoms with Crippen LogP contribution in [0.5, 0.6) is 0 Å². The molecule has 262 valence electrons. The van der Waals surface area contributed by atoms with Crippen molar-refractivity contribution >= 4 is 11.8 Å². The van der Waals surface area contributed by atoms with Crippen molar-refractivity contribution in [3.8, 4) is 11.1 Å². The van der Waals surface area contributed by atoms with Gasteiger partial charge in [0, 0.05) is 31.1 Å². The van der Waals surface area contributed by atoms with Crippen LogP contribution >= 0.6 is 0 Å². The third-order valence-corrected chi connectivity index (χ3v) is 10.0. The number of nitrogens with zero attached hydrogens (tertiary/aromatic N) is 2. The number of rotatable bonds is 9. The Hall–Kier alpha value is -3.77. The maximum atomic E-state index is 13.1. The average molecular weight is 680 g/mol. The van der Waals surface area contributed by atoms with Crippen LogP contribution in [0.15, 0.2) is 72.8 Å². The van der Waals surface area contributed by atoms with Gasteiger partial charge in [0.2, 0.25) is 5.91 Å². The van der Waals surface area contributed by atoms with Crippen molar-refractivity contribution in [2.75, 3.05) is 26.2 Å². The zero-order valence-corrected chi connectivity index (χ0v) is 27.7. The number of hydrogen-bond donors (Lipinski definition) is 2. The molecule has 2 amide bonds. The SMILES string of the molecule is CC1C(CN2CCCCC2)OC(c2ccc(-c3ccccc3CNC(=O)C3CCCN3C(=O)C(F)(F)F)cc2)OC1c1ccc(CO)cc1. The molecular weight excluding hydrogens is 635 g/mol. The van der Waals surface area contributed by atoms with E-state index in [9.17, 15) is 27.9 Å². The summed E-state index contributed by atoms with van der Waals surface area (Å²) in [7, 11) is 0. The number of aliphatic hydroxyl groups excluding tert-OH is 1. The van der Waals surface area contributed by atoms with Crippen molar-refractivity contribution in [2.45, 2.75) is 82.9 Å². The summed E-state index contributed by atoms with van der Waals surface area (Å²) in [5, 5.41) is 12.3. The number of amides is 2. The van der Waals surface area contributed by atoms with E-state index in [2.05, 4.69) is 17.1 Å². The van der Waals surface area contributed by atoms with Crippen molar-refractivity contribution in [1.82, 2.24) is 15.1 Å². The van der Waals surface area contributed by atoms with Crippen LogP contribution in [-0.2, 0) is 32.2 Å². The molecule has 0 aliphatic carbocycles. The predicted octanol–water partition coefficient (Wildman–Crippen LogP) is 6.29. The number of nitrogens with one attached hydrogen (secondary N) is 1. The van der Waals surface area contributed by atoms with E-state index >= 15 is 0 Å². The predicted molar refractivity (Wildman–Crippen MR) is 178 cm³/mol. The van der Waals surface area contributed by atoms with Gasteiger partial charge in [-0.3, -0.25) is 9.59 Å². The van der Waals surface area contributed by atoms with Gasteiger partial charge >= 0.3 is 12.1 Å². The van der Waals surface area contributed by atoms with Crippen molar-refractivity contribution in [3.05, 3.63) is 95.1 Å². The van der Waals surface area contributed by atoms with E-state index in [1.54, 1.807) is 0 Å². The van der Waals surface area contributed by atoms with E-state index < -0.39 is 30.3 Å². The summed E-state index contributed by atoms with van der Waals surface area (Å²) in [6.07, 6.45) is -1.70. The van der Waals surface area contributed by atoms with Gasteiger partial charge in [0.25, 0.3) is 0 Å². The van der Waals surface area contributed by atoms with Gasteiger partial charge in [0.1, 0.15) is 6.04 Å². The molecule has 3 saturated heterocycles. The lowest BCUT2D eigenvalue weighted by Crippen LogP contribution is -2.50. The van der Waals surface area contributed by atoms with Gasteiger partial charge in [-0.2, -0.15) is 13.2 Å². The molecule has 49 heavy (non-hydrogen) atoms. The Balaban J connectivity index is 1.17. The van der Waals surface area contributed by atoms with Crippen LogP contribution in [0.25, 0.3) is 11.1 Å². The Labute approximate surface area is 285 Å². The Morgan fingerprint density at radius 1 is 0.878 bits per heavy atom. The Kier molecular flexibility index (Phi) is 11.0. The van der Waals surface area contributed by atoms with E-state index in [0.717, 1.165) is 53.0 Å². The molecular formula is C38H44F3N3O5. The summed E-state index contributed by atoms with van der Waals surface area (Å²) in [5.41, 5.74) is 5.32. The fraction of sp³-hybridized carbons (Fsp3) is 0.474. The van der Waals surface area contributed by atoms with Crippen molar-refractivity contribution in [1.29, 1.82) is 0 Å². The Bertz CT molecular complexity index is 1580. The quantitative estimate of drug-likeness (QED) is 0.276. The fourth-order valence-electron chi connectivity index (χ4n) is 7.25. The lowest BCUT2D eigenvalue weighted by molar-refractivity contribution is -0.276. The van der Waals surface area contributed by atoms with Gasteiger partial charge in [0.15, 0.2) is 6.29 Å². The third-order valence-electron chi connectivity index (χ3n) is 10.0. The summed E-state index contributed by atoms with van der Waals surface area (Å²) < 4.78 is 52.6. The van der Waals surface area contributed by atoms with Gasteiger partial charge < -0.3 is 29.7 Å². The third kappa shape index (κ3) is 8.17. The number of halogens is 3. The summed E-state index contributed by atoms with van der Waals surface area (Å²) >= 11 is 0. The molecule has 6 rings (SSSR count). The molecule has 3 aromatic carbocycles. The highest BCUT2D eigenvalue weighted by atomic mass is 19.4. The fourth-order valence-corrected chi connectivity index (χ4v) is 7.25. The molecule has 0 radical (unpaired) electrons. The second kappa shape index (κ2) is 15.4. The first-order valence-electron chi connectivity index (χ1n) is 17.2. The van der Waals surface area contributed by atoms with E-state index in [1.807, 2.05) is 72.8 Å². The van der Waals surface area contributed by atoms with Gasteiger partial charge in [-0.25, -0.2) is 0 Å². The smallest absolute Gasteiger partial charge is 0.392 e. The zero-order chi connectivity index (χ0) is 34.5. The van der Waals surface area contributed by atoms with Crippen LogP contribution in [0.2, 0.25) is 0 Å². The first-order chi connectivity index (χ1) is 23.6. The normalized spacial score (nSPS) is 24.9.